The molecule has 0 aliphatic carbocycles. The zero-order valence-electron chi connectivity index (χ0n) is 10.9. The van der Waals surface area contributed by atoms with E-state index in [1.807, 2.05) is 0 Å². The van der Waals surface area contributed by atoms with Crippen LogP contribution in [0.25, 0.3) is 0 Å². The highest BCUT2D eigenvalue weighted by Gasteiger charge is 2.43. The van der Waals surface area contributed by atoms with Crippen LogP contribution in [0.15, 0.2) is 16.9 Å². The zero-order chi connectivity index (χ0) is 15.5. The van der Waals surface area contributed by atoms with E-state index in [4.69, 9.17) is 0 Å². The summed E-state index contributed by atoms with van der Waals surface area (Å²) in [5, 5.41) is 2.44. The molecular weight excluding hydrogens is 280 g/mol. The van der Waals surface area contributed by atoms with E-state index in [1.54, 1.807) is 0 Å². The third-order valence-corrected chi connectivity index (χ3v) is 2.70. The number of amides is 1. The van der Waals surface area contributed by atoms with Gasteiger partial charge >= 0.3 is 12.3 Å². The summed E-state index contributed by atoms with van der Waals surface area (Å²) in [5.74, 6) is -4.66. The van der Waals surface area contributed by atoms with Gasteiger partial charge in [-0.1, -0.05) is 0 Å². The molecule has 0 saturated heterocycles. The lowest BCUT2D eigenvalue weighted by molar-refractivity contribution is -0.135. The van der Waals surface area contributed by atoms with Crippen molar-refractivity contribution in [3.05, 3.63) is 33.7 Å². The number of carbonyl (C=O) groups excluding carboxylic acids is 1. The minimum absolute atomic E-state index is 0.0742. The molecule has 0 fully saturated rings. The molecule has 0 bridgehead atoms. The smallest absolute Gasteiger partial charge is 0.332 e. The van der Waals surface area contributed by atoms with Crippen LogP contribution in [0.2, 0.25) is 0 Å². The summed E-state index contributed by atoms with van der Waals surface area (Å²) in [4.78, 5) is 22.4. The van der Waals surface area contributed by atoms with E-state index in [2.05, 4.69) is 5.32 Å². The molecular formula is C12H14F4N2O2. The van der Waals surface area contributed by atoms with Crippen molar-refractivity contribution in [2.24, 2.45) is 0 Å². The molecule has 1 aromatic rings. The second kappa shape index (κ2) is 6.06. The van der Waals surface area contributed by atoms with Gasteiger partial charge in [0.05, 0.1) is 0 Å². The molecule has 0 unspecified atom stereocenters. The summed E-state index contributed by atoms with van der Waals surface area (Å²) < 4.78 is 52.0. The van der Waals surface area contributed by atoms with Gasteiger partial charge in [-0.25, -0.2) is 8.78 Å². The third-order valence-electron chi connectivity index (χ3n) is 2.70. The van der Waals surface area contributed by atoms with Gasteiger partial charge in [0.1, 0.15) is 0 Å². The van der Waals surface area contributed by atoms with Gasteiger partial charge in [0.25, 0.3) is 5.56 Å². The lowest BCUT2D eigenvalue weighted by atomic mass is 10.1. The van der Waals surface area contributed by atoms with Crippen molar-refractivity contribution >= 4 is 5.91 Å². The molecule has 0 radical (unpaired) electrons. The summed E-state index contributed by atoms with van der Waals surface area (Å²) in [5.41, 5.74) is -1.70. The van der Waals surface area contributed by atoms with Gasteiger partial charge in [-0.15, -0.1) is 0 Å². The zero-order valence-corrected chi connectivity index (χ0v) is 10.9. The first-order valence-electron chi connectivity index (χ1n) is 5.78. The number of nitrogens with one attached hydrogen (secondary N) is 1. The highest BCUT2D eigenvalue weighted by atomic mass is 19.3. The van der Waals surface area contributed by atoms with Gasteiger partial charge in [-0.3, -0.25) is 9.59 Å². The third kappa shape index (κ3) is 3.58. The Hall–Kier alpha value is -1.86. The van der Waals surface area contributed by atoms with Gasteiger partial charge in [-0.05, 0) is 13.0 Å². The highest BCUT2D eigenvalue weighted by molar-refractivity contribution is 5.72. The Morgan fingerprint density at radius 2 is 2.00 bits per heavy atom. The van der Waals surface area contributed by atoms with Crippen molar-refractivity contribution in [3.8, 4) is 0 Å². The Bertz CT molecular complexity index is 555. The van der Waals surface area contributed by atoms with E-state index in [0.717, 1.165) is 10.6 Å². The molecule has 1 amide bonds. The SMILES string of the molecule is CC(=O)NCCn1c(C)cc(C(F)(F)C(F)F)cc1=O. The first-order valence-corrected chi connectivity index (χ1v) is 5.78. The number of alkyl halides is 4. The Morgan fingerprint density at radius 1 is 1.40 bits per heavy atom. The Kier molecular flexibility index (Phi) is 4.91. The van der Waals surface area contributed by atoms with Gasteiger partial charge in [0, 0.05) is 37.3 Å². The summed E-state index contributed by atoms with van der Waals surface area (Å²) in [6.07, 6.45) is -3.88. The first-order chi connectivity index (χ1) is 9.16. The van der Waals surface area contributed by atoms with Crippen LogP contribution >= 0.6 is 0 Å². The van der Waals surface area contributed by atoms with Crippen LogP contribution in [-0.4, -0.2) is 23.4 Å². The molecule has 8 heteroatoms. The van der Waals surface area contributed by atoms with Crippen LogP contribution in [0.5, 0.6) is 0 Å². The number of aromatic nitrogens is 1. The van der Waals surface area contributed by atoms with E-state index in [1.165, 1.54) is 13.8 Å². The van der Waals surface area contributed by atoms with Crippen molar-refractivity contribution in [1.82, 2.24) is 9.88 Å². The molecule has 1 rings (SSSR count). The monoisotopic (exact) mass is 294 g/mol. The molecule has 0 spiro atoms. The molecule has 20 heavy (non-hydrogen) atoms. The molecule has 112 valence electrons. The number of rotatable bonds is 5. The van der Waals surface area contributed by atoms with Gasteiger partial charge in [-0.2, -0.15) is 8.78 Å². The summed E-state index contributed by atoms with van der Waals surface area (Å²) in [6, 6.07) is 1.34. The molecule has 0 aromatic carbocycles. The van der Waals surface area contributed by atoms with Crippen LogP contribution in [0, 0.1) is 6.92 Å². The van der Waals surface area contributed by atoms with Crippen molar-refractivity contribution < 1.29 is 22.4 Å². The largest absolute Gasteiger partial charge is 0.355 e. The Morgan fingerprint density at radius 3 is 2.45 bits per heavy atom. The first kappa shape index (κ1) is 16.2. The fourth-order valence-electron chi connectivity index (χ4n) is 1.68. The van der Waals surface area contributed by atoms with Crippen molar-refractivity contribution in [2.45, 2.75) is 32.7 Å². The predicted molar refractivity (Wildman–Crippen MR) is 64.0 cm³/mol. The fraction of sp³-hybridized carbons (Fsp3) is 0.500. The molecule has 0 atom stereocenters. The Labute approximate surface area is 112 Å². The number of hydrogen-bond donors (Lipinski definition) is 1. The number of pyridine rings is 1. The molecule has 0 aliphatic heterocycles. The molecule has 1 aromatic heterocycles. The number of halogens is 4. The minimum atomic E-state index is -4.36. The molecule has 4 nitrogen and oxygen atoms in total. The lowest BCUT2D eigenvalue weighted by Crippen LogP contribution is -2.32. The average Bonchev–Trinajstić information content (AvgIpc) is 2.31. The van der Waals surface area contributed by atoms with E-state index in [0.29, 0.717) is 6.07 Å². The fourth-order valence-corrected chi connectivity index (χ4v) is 1.68. The van der Waals surface area contributed by atoms with Gasteiger partial charge < -0.3 is 9.88 Å². The minimum Gasteiger partial charge on any atom is -0.355 e. The maximum atomic E-state index is 13.2. The second-order valence-corrected chi connectivity index (χ2v) is 4.28. The summed E-state index contributed by atoms with van der Waals surface area (Å²) >= 11 is 0. The maximum absolute atomic E-state index is 13.2. The normalized spacial score (nSPS) is 11.8. The average molecular weight is 294 g/mol. The van der Waals surface area contributed by atoms with E-state index in [9.17, 15) is 27.2 Å². The molecule has 0 saturated carbocycles. The van der Waals surface area contributed by atoms with E-state index in [-0.39, 0.29) is 24.7 Å². The van der Waals surface area contributed by atoms with Crippen molar-refractivity contribution in [1.29, 1.82) is 0 Å². The summed E-state index contributed by atoms with van der Waals surface area (Å²) in [7, 11) is 0. The number of hydrogen-bond acceptors (Lipinski definition) is 2. The second-order valence-electron chi connectivity index (χ2n) is 4.28. The predicted octanol–water partition coefficient (Wildman–Crippen LogP) is 1.65. The van der Waals surface area contributed by atoms with E-state index >= 15 is 0 Å². The highest BCUT2D eigenvalue weighted by Crippen LogP contribution is 2.33. The van der Waals surface area contributed by atoms with Crippen LogP contribution in [0.1, 0.15) is 18.2 Å². The lowest BCUT2D eigenvalue weighted by Gasteiger charge is -2.18. The number of carbonyl (C=O) groups is 1. The maximum Gasteiger partial charge on any atom is 0.332 e. The number of aryl methyl sites for hydroxylation is 1. The van der Waals surface area contributed by atoms with Crippen molar-refractivity contribution in [2.75, 3.05) is 6.54 Å². The van der Waals surface area contributed by atoms with E-state index < -0.39 is 23.5 Å². The van der Waals surface area contributed by atoms with Gasteiger partial charge in [0.15, 0.2) is 0 Å². The number of nitrogens with zero attached hydrogens (tertiary/aromatic N) is 1. The van der Waals surface area contributed by atoms with Crippen molar-refractivity contribution in [3.63, 3.8) is 0 Å². The Balaban J connectivity index is 3.04. The molecule has 1 N–H and O–H groups in total. The quantitative estimate of drug-likeness (QED) is 0.840. The van der Waals surface area contributed by atoms with Crippen LogP contribution < -0.4 is 10.9 Å². The molecule has 0 aliphatic rings. The van der Waals surface area contributed by atoms with Crippen LogP contribution in [0.4, 0.5) is 17.6 Å². The topological polar surface area (TPSA) is 51.1 Å². The molecule has 1 heterocycles. The van der Waals surface area contributed by atoms with Crippen LogP contribution in [-0.2, 0) is 17.3 Å². The standard InChI is InChI=1S/C12H14F4N2O2/c1-7-5-9(12(15,16)11(13)14)6-10(20)18(7)4-3-17-8(2)19/h5-6,11H,3-4H2,1-2H3,(H,17,19). The van der Waals surface area contributed by atoms with Crippen LogP contribution in [0.3, 0.4) is 0 Å². The van der Waals surface area contributed by atoms with Gasteiger partial charge in [0.2, 0.25) is 5.91 Å². The summed E-state index contributed by atoms with van der Waals surface area (Å²) in [6.45, 7) is 2.87.